The Morgan fingerprint density at radius 3 is 3.04 bits per heavy atom. The number of carbonyl (C=O) groups excluding carboxylic acids is 1. The van der Waals surface area contributed by atoms with Gasteiger partial charge in [-0.05, 0) is 31.2 Å². The Labute approximate surface area is 143 Å². The van der Waals surface area contributed by atoms with Crippen molar-refractivity contribution < 1.29 is 14.3 Å². The van der Waals surface area contributed by atoms with Gasteiger partial charge < -0.3 is 19.7 Å². The number of nitrogens with zero attached hydrogens (tertiary/aromatic N) is 2. The molecule has 0 radical (unpaired) electrons. The van der Waals surface area contributed by atoms with Gasteiger partial charge in [-0.15, -0.1) is 0 Å². The number of anilines is 1. The minimum Gasteiger partial charge on any atom is -0.490 e. The number of benzene rings is 1. The first-order valence-electron chi connectivity index (χ1n) is 8.77. The zero-order chi connectivity index (χ0) is 16.9. The molecule has 6 heteroatoms. The summed E-state index contributed by atoms with van der Waals surface area (Å²) in [6.07, 6.45) is 1.05. The molecule has 2 aliphatic rings. The zero-order valence-corrected chi connectivity index (χ0v) is 14.6. The van der Waals surface area contributed by atoms with Crippen LogP contribution in [0.25, 0.3) is 0 Å². The van der Waals surface area contributed by atoms with Crippen LogP contribution in [0.1, 0.15) is 23.7 Å². The molecule has 1 aromatic rings. The highest BCUT2D eigenvalue weighted by molar-refractivity contribution is 5.95. The summed E-state index contributed by atoms with van der Waals surface area (Å²) < 4.78 is 11.4. The third-order valence-corrected chi connectivity index (χ3v) is 4.74. The number of ether oxygens (including phenoxy) is 2. The topological polar surface area (TPSA) is 54.0 Å². The molecule has 1 atom stereocenters. The molecule has 6 nitrogen and oxygen atoms in total. The van der Waals surface area contributed by atoms with Crippen LogP contribution < -0.4 is 15.0 Å². The van der Waals surface area contributed by atoms with Gasteiger partial charge in [0.2, 0.25) is 0 Å². The van der Waals surface area contributed by atoms with Crippen LogP contribution in [-0.2, 0) is 4.74 Å². The van der Waals surface area contributed by atoms with Crippen molar-refractivity contribution >= 4 is 11.6 Å². The largest absolute Gasteiger partial charge is 0.490 e. The molecule has 0 spiro atoms. The lowest BCUT2D eigenvalue weighted by Gasteiger charge is -2.32. The van der Waals surface area contributed by atoms with Crippen LogP contribution in [0.3, 0.4) is 0 Å². The summed E-state index contributed by atoms with van der Waals surface area (Å²) in [5, 5.41) is 2.99. The normalized spacial score (nSPS) is 21.1. The van der Waals surface area contributed by atoms with Gasteiger partial charge in [-0.25, -0.2) is 0 Å². The van der Waals surface area contributed by atoms with E-state index in [9.17, 15) is 4.79 Å². The van der Waals surface area contributed by atoms with Gasteiger partial charge in [0.25, 0.3) is 5.91 Å². The lowest BCUT2D eigenvalue weighted by molar-refractivity contribution is -0.0296. The number of hydrogen-bond donors (Lipinski definition) is 1. The van der Waals surface area contributed by atoms with Crippen molar-refractivity contribution in [2.24, 2.45) is 0 Å². The number of carbonyl (C=O) groups is 1. The average Bonchev–Trinajstić information content (AvgIpc) is 2.61. The van der Waals surface area contributed by atoms with Crippen LogP contribution in [-0.4, -0.2) is 69.9 Å². The lowest BCUT2D eigenvalue weighted by atomic mass is 10.1. The van der Waals surface area contributed by atoms with E-state index in [1.807, 2.05) is 25.2 Å². The highest BCUT2D eigenvalue weighted by Crippen LogP contribution is 2.31. The van der Waals surface area contributed by atoms with Gasteiger partial charge >= 0.3 is 0 Å². The summed E-state index contributed by atoms with van der Waals surface area (Å²) in [6, 6.07) is 5.64. The first kappa shape index (κ1) is 17.0. The van der Waals surface area contributed by atoms with E-state index < -0.39 is 0 Å². The lowest BCUT2D eigenvalue weighted by Crippen LogP contribution is -2.43. The number of rotatable bonds is 5. The van der Waals surface area contributed by atoms with Gasteiger partial charge in [-0.3, -0.25) is 9.69 Å². The standard InChI is InChI=1S/C18H27N3O3/c1-3-21-9-11-23-15(13-21)6-7-19-18(22)14-4-5-16-17(12-14)24-10-8-20(16)2/h4-5,12,15H,3,6-11,13H2,1-2H3,(H,19,22). The molecule has 1 N–H and O–H groups in total. The third kappa shape index (κ3) is 3.99. The molecule has 1 unspecified atom stereocenters. The Balaban J connectivity index is 1.50. The van der Waals surface area contributed by atoms with Crippen molar-refractivity contribution in [3.8, 4) is 5.75 Å². The summed E-state index contributed by atoms with van der Waals surface area (Å²) in [5.74, 6) is 0.725. The van der Waals surface area contributed by atoms with Crippen LogP contribution >= 0.6 is 0 Å². The van der Waals surface area contributed by atoms with E-state index in [-0.39, 0.29) is 12.0 Å². The third-order valence-electron chi connectivity index (χ3n) is 4.74. The maximum atomic E-state index is 12.3. The van der Waals surface area contributed by atoms with Crippen LogP contribution in [0.2, 0.25) is 0 Å². The fourth-order valence-corrected chi connectivity index (χ4v) is 3.19. The molecular formula is C18H27N3O3. The molecule has 2 heterocycles. The number of fused-ring (bicyclic) bond motifs is 1. The molecule has 0 bridgehead atoms. The Kier molecular flexibility index (Phi) is 5.58. The van der Waals surface area contributed by atoms with Crippen molar-refractivity contribution in [2.75, 3.05) is 57.9 Å². The Bertz CT molecular complexity index is 579. The summed E-state index contributed by atoms with van der Waals surface area (Å²) in [6.45, 7) is 8.10. The van der Waals surface area contributed by atoms with E-state index in [1.54, 1.807) is 0 Å². The number of nitrogens with one attached hydrogen (secondary N) is 1. The van der Waals surface area contributed by atoms with E-state index in [0.717, 1.165) is 50.6 Å². The second-order valence-electron chi connectivity index (χ2n) is 6.38. The van der Waals surface area contributed by atoms with E-state index in [1.165, 1.54) is 0 Å². The van der Waals surface area contributed by atoms with Crippen LogP contribution in [0, 0.1) is 0 Å². The predicted octanol–water partition coefficient (Wildman–Crippen LogP) is 1.36. The molecule has 3 rings (SSSR count). The zero-order valence-electron chi connectivity index (χ0n) is 14.6. The minimum atomic E-state index is -0.0576. The maximum Gasteiger partial charge on any atom is 0.251 e. The second-order valence-corrected chi connectivity index (χ2v) is 6.38. The quantitative estimate of drug-likeness (QED) is 0.882. The SMILES string of the molecule is CCN1CCOC(CCNC(=O)c2ccc3c(c2)OCCN3C)C1. The van der Waals surface area contributed by atoms with Crippen LogP contribution in [0.15, 0.2) is 18.2 Å². The van der Waals surface area contributed by atoms with Gasteiger partial charge in [-0.2, -0.15) is 0 Å². The summed E-state index contributed by atoms with van der Waals surface area (Å²) in [7, 11) is 2.03. The maximum absolute atomic E-state index is 12.3. The number of morpholine rings is 1. The molecule has 24 heavy (non-hydrogen) atoms. The first-order chi connectivity index (χ1) is 11.7. The fourth-order valence-electron chi connectivity index (χ4n) is 3.19. The van der Waals surface area contributed by atoms with Gasteiger partial charge in [0.1, 0.15) is 12.4 Å². The van der Waals surface area contributed by atoms with E-state index in [4.69, 9.17) is 9.47 Å². The fraction of sp³-hybridized carbons (Fsp3) is 0.611. The van der Waals surface area contributed by atoms with Crippen molar-refractivity contribution in [2.45, 2.75) is 19.4 Å². The number of amides is 1. The first-order valence-corrected chi connectivity index (χ1v) is 8.77. The van der Waals surface area contributed by atoms with Crippen LogP contribution in [0.5, 0.6) is 5.75 Å². The molecule has 2 aliphatic heterocycles. The Morgan fingerprint density at radius 1 is 1.33 bits per heavy atom. The van der Waals surface area contributed by atoms with E-state index in [2.05, 4.69) is 22.0 Å². The monoisotopic (exact) mass is 333 g/mol. The molecule has 0 aromatic heterocycles. The smallest absolute Gasteiger partial charge is 0.251 e. The molecule has 1 aromatic carbocycles. The van der Waals surface area contributed by atoms with Crippen molar-refractivity contribution in [3.05, 3.63) is 23.8 Å². The molecule has 132 valence electrons. The predicted molar refractivity (Wildman–Crippen MR) is 94.0 cm³/mol. The molecular weight excluding hydrogens is 306 g/mol. The molecule has 0 saturated carbocycles. The highest BCUT2D eigenvalue weighted by Gasteiger charge is 2.20. The van der Waals surface area contributed by atoms with Gasteiger partial charge in [0, 0.05) is 32.2 Å². The summed E-state index contributed by atoms with van der Waals surface area (Å²) in [5.41, 5.74) is 1.68. The van der Waals surface area contributed by atoms with Gasteiger partial charge in [0.15, 0.2) is 0 Å². The van der Waals surface area contributed by atoms with Crippen molar-refractivity contribution in [1.82, 2.24) is 10.2 Å². The molecule has 1 saturated heterocycles. The van der Waals surface area contributed by atoms with Gasteiger partial charge in [0.05, 0.1) is 24.9 Å². The highest BCUT2D eigenvalue weighted by atomic mass is 16.5. The van der Waals surface area contributed by atoms with Gasteiger partial charge in [-0.1, -0.05) is 6.92 Å². The molecule has 1 amide bonds. The molecule has 1 fully saturated rings. The number of likely N-dealkylation sites (N-methyl/N-ethyl adjacent to an activating group) is 2. The Hall–Kier alpha value is -1.79. The van der Waals surface area contributed by atoms with Crippen molar-refractivity contribution in [3.63, 3.8) is 0 Å². The van der Waals surface area contributed by atoms with E-state index in [0.29, 0.717) is 18.7 Å². The number of hydrogen-bond acceptors (Lipinski definition) is 5. The average molecular weight is 333 g/mol. The minimum absolute atomic E-state index is 0.0576. The Morgan fingerprint density at radius 2 is 2.21 bits per heavy atom. The van der Waals surface area contributed by atoms with Crippen molar-refractivity contribution in [1.29, 1.82) is 0 Å². The second kappa shape index (κ2) is 7.85. The summed E-state index contributed by atoms with van der Waals surface area (Å²) in [4.78, 5) is 16.9. The van der Waals surface area contributed by atoms with E-state index >= 15 is 0 Å². The summed E-state index contributed by atoms with van der Waals surface area (Å²) >= 11 is 0. The molecule has 0 aliphatic carbocycles. The van der Waals surface area contributed by atoms with Crippen LogP contribution in [0.4, 0.5) is 5.69 Å².